The maximum absolute atomic E-state index is 10.4. The number of aryl methyl sites for hydroxylation is 2. The van der Waals surface area contributed by atoms with E-state index in [-0.39, 0.29) is 0 Å². The molecule has 0 aliphatic heterocycles. The van der Waals surface area contributed by atoms with Gasteiger partial charge in [0.05, 0.1) is 0 Å². The fourth-order valence-corrected chi connectivity index (χ4v) is 2.76. The first kappa shape index (κ1) is 14.2. The molecule has 2 rings (SSSR count). The number of benzene rings is 1. The van der Waals surface area contributed by atoms with Gasteiger partial charge >= 0.3 is 0 Å². The highest BCUT2D eigenvalue weighted by Crippen LogP contribution is 2.27. The first-order valence-corrected chi connectivity index (χ1v) is 7.48. The highest BCUT2D eigenvalue weighted by molar-refractivity contribution is 5.44. The average molecular weight is 256 g/mol. The van der Waals surface area contributed by atoms with Crippen LogP contribution in [0.3, 0.4) is 0 Å². The van der Waals surface area contributed by atoms with E-state index in [1.54, 1.807) is 0 Å². The quantitative estimate of drug-likeness (QED) is 0.793. The first-order valence-electron chi connectivity index (χ1n) is 7.48. The SMILES string of the molecule is CCCc1ccc(C#CC2(O)CCCCC2)c(C)c1. The lowest BCUT2D eigenvalue weighted by molar-refractivity contribution is 0.0610. The molecule has 1 saturated carbocycles. The standard InChI is InChI=1S/C18H24O/c1-3-7-16-8-9-17(15(2)14-16)10-13-18(19)11-5-4-6-12-18/h8-9,14,19H,3-7,11-12H2,1-2H3. The Morgan fingerprint density at radius 1 is 1.21 bits per heavy atom. The predicted octanol–water partition coefficient (Wildman–Crippen LogP) is 3.99. The molecule has 0 saturated heterocycles. The van der Waals surface area contributed by atoms with Crippen molar-refractivity contribution in [1.29, 1.82) is 0 Å². The summed E-state index contributed by atoms with van der Waals surface area (Å²) in [7, 11) is 0. The number of hydrogen-bond acceptors (Lipinski definition) is 1. The molecule has 1 aliphatic carbocycles. The van der Waals surface area contributed by atoms with Crippen molar-refractivity contribution in [3.63, 3.8) is 0 Å². The van der Waals surface area contributed by atoms with Crippen LogP contribution in [-0.2, 0) is 6.42 Å². The first-order chi connectivity index (χ1) is 9.13. The summed E-state index contributed by atoms with van der Waals surface area (Å²) in [6.45, 7) is 4.30. The van der Waals surface area contributed by atoms with E-state index in [0.717, 1.165) is 37.7 Å². The summed E-state index contributed by atoms with van der Waals surface area (Å²) in [5, 5.41) is 10.4. The molecule has 0 bridgehead atoms. The smallest absolute Gasteiger partial charge is 0.125 e. The molecule has 0 heterocycles. The number of rotatable bonds is 2. The van der Waals surface area contributed by atoms with Gasteiger partial charge in [0.2, 0.25) is 0 Å². The minimum absolute atomic E-state index is 0.743. The average Bonchev–Trinajstić information content (AvgIpc) is 2.39. The molecule has 0 amide bonds. The molecule has 1 aromatic carbocycles. The van der Waals surface area contributed by atoms with Crippen molar-refractivity contribution in [2.75, 3.05) is 0 Å². The monoisotopic (exact) mass is 256 g/mol. The molecule has 1 aliphatic rings. The molecule has 19 heavy (non-hydrogen) atoms. The van der Waals surface area contributed by atoms with Crippen LogP contribution in [0.4, 0.5) is 0 Å². The molecule has 1 heteroatoms. The summed E-state index contributed by atoms with van der Waals surface area (Å²) in [6, 6.07) is 6.48. The Kier molecular flexibility index (Phi) is 4.66. The van der Waals surface area contributed by atoms with E-state index in [1.165, 1.54) is 24.0 Å². The van der Waals surface area contributed by atoms with Crippen LogP contribution in [0.1, 0.15) is 62.1 Å². The fraction of sp³-hybridized carbons (Fsp3) is 0.556. The van der Waals surface area contributed by atoms with Gasteiger partial charge in [0.1, 0.15) is 5.60 Å². The van der Waals surface area contributed by atoms with Crippen molar-refractivity contribution in [1.82, 2.24) is 0 Å². The fourth-order valence-electron chi connectivity index (χ4n) is 2.76. The molecule has 0 aromatic heterocycles. The maximum atomic E-state index is 10.4. The summed E-state index contributed by atoms with van der Waals surface area (Å²) in [6.07, 6.45) is 7.37. The third kappa shape index (κ3) is 3.85. The van der Waals surface area contributed by atoms with Crippen molar-refractivity contribution in [2.24, 2.45) is 0 Å². The largest absolute Gasteiger partial charge is 0.378 e. The van der Waals surface area contributed by atoms with E-state index in [9.17, 15) is 5.11 Å². The van der Waals surface area contributed by atoms with Crippen molar-refractivity contribution in [3.8, 4) is 11.8 Å². The zero-order chi connectivity index (χ0) is 13.7. The molecule has 102 valence electrons. The Bertz CT molecular complexity index is 484. The van der Waals surface area contributed by atoms with Gasteiger partial charge in [-0.05, 0) is 56.2 Å². The second-order valence-corrected chi connectivity index (χ2v) is 5.74. The topological polar surface area (TPSA) is 20.2 Å². The lowest BCUT2D eigenvalue weighted by atomic mass is 9.85. The van der Waals surface area contributed by atoms with Crippen molar-refractivity contribution in [3.05, 3.63) is 34.9 Å². The Labute approximate surface area is 117 Å². The molecular weight excluding hydrogens is 232 g/mol. The van der Waals surface area contributed by atoms with Crippen LogP contribution < -0.4 is 0 Å². The van der Waals surface area contributed by atoms with E-state index in [0.29, 0.717) is 0 Å². The summed E-state index contributed by atoms with van der Waals surface area (Å²) in [5.41, 5.74) is 2.91. The molecule has 1 N–H and O–H groups in total. The van der Waals surface area contributed by atoms with Crippen LogP contribution in [0.25, 0.3) is 0 Å². The van der Waals surface area contributed by atoms with E-state index >= 15 is 0 Å². The Morgan fingerprint density at radius 3 is 2.58 bits per heavy atom. The summed E-state index contributed by atoms with van der Waals surface area (Å²) < 4.78 is 0. The van der Waals surface area contributed by atoms with E-state index in [4.69, 9.17) is 0 Å². The van der Waals surface area contributed by atoms with E-state index < -0.39 is 5.60 Å². The van der Waals surface area contributed by atoms with E-state index in [1.807, 2.05) is 0 Å². The minimum atomic E-state index is -0.743. The van der Waals surface area contributed by atoms with Crippen molar-refractivity contribution < 1.29 is 5.11 Å². The number of aliphatic hydroxyl groups is 1. The zero-order valence-electron chi connectivity index (χ0n) is 12.1. The summed E-state index contributed by atoms with van der Waals surface area (Å²) in [4.78, 5) is 0. The summed E-state index contributed by atoms with van der Waals surface area (Å²) >= 11 is 0. The Morgan fingerprint density at radius 2 is 1.95 bits per heavy atom. The third-order valence-corrected chi connectivity index (χ3v) is 3.94. The molecule has 0 atom stereocenters. The maximum Gasteiger partial charge on any atom is 0.125 e. The molecule has 0 radical (unpaired) electrons. The zero-order valence-corrected chi connectivity index (χ0v) is 12.1. The highest BCUT2D eigenvalue weighted by Gasteiger charge is 2.26. The molecule has 1 fully saturated rings. The van der Waals surface area contributed by atoms with Gasteiger partial charge in [-0.3, -0.25) is 0 Å². The van der Waals surface area contributed by atoms with Gasteiger partial charge in [-0.2, -0.15) is 0 Å². The van der Waals surface area contributed by atoms with Crippen LogP contribution >= 0.6 is 0 Å². The van der Waals surface area contributed by atoms with Gasteiger partial charge in [-0.1, -0.05) is 43.7 Å². The van der Waals surface area contributed by atoms with Crippen LogP contribution in [0.2, 0.25) is 0 Å². The minimum Gasteiger partial charge on any atom is -0.378 e. The third-order valence-electron chi connectivity index (χ3n) is 3.94. The molecular formula is C18H24O. The van der Waals surface area contributed by atoms with Crippen LogP contribution in [0.5, 0.6) is 0 Å². The van der Waals surface area contributed by atoms with Gasteiger partial charge in [-0.15, -0.1) is 0 Å². The van der Waals surface area contributed by atoms with Gasteiger partial charge < -0.3 is 5.11 Å². The second-order valence-electron chi connectivity index (χ2n) is 5.74. The predicted molar refractivity (Wildman–Crippen MR) is 80.1 cm³/mol. The van der Waals surface area contributed by atoms with Crippen molar-refractivity contribution in [2.45, 2.75) is 64.4 Å². The Balaban J connectivity index is 2.15. The highest BCUT2D eigenvalue weighted by atomic mass is 16.3. The van der Waals surface area contributed by atoms with Crippen LogP contribution in [0.15, 0.2) is 18.2 Å². The lowest BCUT2D eigenvalue weighted by Crippen LogP contribution is -2.29. The second kappa shape index (κ2) is 6.26. The van der Waals surface area contributed by atoms with E-state index in [2.05, 4.69) is 43.9 Å². The van der Waals surface area contributed by atoms with Crippen LogP contribution in [-0.4, -0.2) is 10.7 Å². The van der Waals surface area contributed by atoms with Gasteiger partial charge in [-0.25, -0.2) is 0 Å². The molecule has 1 aromatic rings. The van der Waals surface area contributed by atoms with Crippen LogP contribution in [0, 0.1) is 18.8 Å². The number of hydrogen-bond donors (Lipinski definition) is 1. The molecule has 0 spiro atoms. The molecule has 0 unspecified atom stereocenters. The molecule has 1 nitrogen and oxygen atoms in total. The summed E-state index contributed by atoms with van der Waals surface area (Å²) in [5.74, 6) is 6.30. The Hall–Kier alpha value is -1.26. The van der Waals surface area contributed by atoms with Gasteiger partial charge in [0.25, 0.3) is 0 Å². The normalized spacial score (nSPS) is 17.6. The van der Waals surface area contributed by atoms with Gasteiger partial charge in [0, 0.05) is 5.56 Å². The van der Waals surface area contributed by atoms with Gasteiger partial charge in [0.15, 0.2) is 0 Å². The lowest BCUT2D eigenvalue weighted by Gasteiger charge is -2.26. The van der Waals surface area contributed by atoms with Crippen molar-refractivity contribution >= 4 is 0 Å².